The van der Waals surface area contributed by atoms with Gasteiger partial charge in [-0.3, -0.25) is 0 Å². The van der Waals surface area contributed by atoms with Crippen LogP contribution < -0.4 is 28.4 Å². The average Bonchev–Trinajstić information content (AvgIpc) is 4.13. The topological polar surface area (TPSA) is 168 Å². The molecule has 344 valence electrons. The van der Waals surface area contributed by atoms with Gasteiger partial charge >= 0.3 is 0 Å². The Balaban J connectivity index is 0.667. The molecule has 0 amide bonds. The average molecular weight is 995 g/mol. The third-order valence-corrected chi connectivity index (χ3v) is 16.8. The SMILES string of the molecule is COc1cc(OCc2csc(C3CCSC(COc4nn5cc(-c6cc7c(OCc8csc(CCC9CC9)n8)cc(OC)cc7o6)nc5s4)C3)n2)c2cc(-c3cn4nc(OC)sc4n3)oc2c1. The molecule has 0 spiro atoms. The van der Waals surface area contributed by atoms with Gasteiger partial charge in [0.1, 0.15) is 65.4 Å². The highest BCUT2D eigenvalue weighted by Gasteiger charge is 2.28. The summed E-state index contributed by atoms with van der Waals surface area (Å²) in [5, 5.41) is 18.6. The highest BCUT2D eigenvalue weighted by Crippen LogP contribution is 2.42. The third-order valence-electron chi connectivity index (χ3n) is 11.8. The molecule has 16 nitrogen and oxygen atoms in total. The molecule has 1 aliphatic heterocycles. The van der Waals surface area contributed by atoms with E-state index in [1.54, 1.807) is 53.0 Å². The summed E-state index contributed by atoms with van der Waals surface area (Å²) in [6.07, 6.45) is 10.7. The number of hydrogen-bond acceptors (Lipinski definition) is 19. The molecule has 1 aliphatic carbocycles. The maximum atomic E-state index is 6.39. The van der Waals surface area contributed by atoms with Crippen LogP contribution in [-0.4, -0.2) is 78.1 Å². The molecule has 0 N–H and O–H groups in total. The second-order valence-corrected chi connectivity index (χ2v) is 21.5. The molecule has 2 atom stereocenters. The van der Waals surface area contributed by atoms with Crippen molar-refractivity contribution in [2.45, 2.75) is 62.9 Å². The van der Waals surface area contributed by atoms with Crippen molar-refractivity contribution in [3.05, 3.63) is 81.0 Å². The number of aromatic nitrogens is 8. The van der Waals surface area contributed by atoms with Crippen LogP contribution >= 0.6 is 57.1 Å². The van der Waals surface area contributed by atoms with Crippen LogP contribution in [0.5, 0.6) is 33.4 Å². The number of ether oxygens (including phenoxy) is 6. The first-order valence-electron chi connectivity index (χ1n) is 21.8. The summed E-state index contributed by atoms with van der Waals surface area (Å²) in [6, 6.07) is 11.4. The number of benzene rings is 2. The van der Waals surface area contributed by atoms with E-state index in [9.17, 15) is 0 Å². The highest BCUT2D eigenvalue weighted by molar-refractivity contribution is 8.00. The van der Waals surface area contributed by atoms with Gasteiger partial charge in [-0.15, -0.1) is 32.9 Å². The van der Waals surface area contributed by atoms with Crippen LogP contribution in [-0.2, 0) is 19.6 Å². The quantitative estimate of drug-likeness (QED) is 0.0795. The van der Waals surface area contributed by atoms with E-state index in [1.165, 1.54) is 46.9 Å². The van der Waals surface area contributed by atoms with Gasteiger partial charge in [-0.05, 0) is 72.2 Å². The van der Waals surface area contributed by atoms with E-state index in [-0.39, 0.29) is 0 Å². The monoisotopic (exact) mass is 994 g/mol. The summed E-state index contributed by atoms with van der Waals surface area (Å²) in [5.41, 5.74) is 4.42. The molecule has 2 aromatic carbocycles. The lowest BCUT2D eigenvalue weighted by Gasteiger charge is -2.27. The molecule has 8 aromatic heterocycles. The molecule has 0 bridgehead atoms. The van der Waals surface area contributed by atoms with E-state index in [4.69, 9.17) is 57.3 Å². The van der Waals surface area contributed by atoms with Gasteiger partial charge in [0.25, 0.3) is 10.4 Å². The number of thiazole rings is 2. The van der Waals surface area contributed by atoms with Crippen LogP contribution in [0.1, 0.15) is 59.4 Å². The lowest BCUT2D eigenvalue weighted by molar-refractivity contribution is 0.297. The molecule has 2 fully saturated rings. The van der Waals surface area contributed by atoms with E-state index >= 15 is 0 Å². The smallest absolute Gasteiger partial charge is 0.294 e. The number of fused-ring (bicyclic) bond motifs is 4. The number of methoxy groups -OCH3 is 3. The second kappa shape index (κ2) is 18.0. The van der Waals surface area contributed by atoms with Gasteiger partial charge in [0, 0.05) is 46.2 Å². The van der Waals surface area contributed by atoms with Crippen molar-refractivity contribution in [1.29, 1.82) is 0 Å². The molecule has 67 heavy (non-hydrogen) atoms. The van der Waals surface area contributed by atoms with Crippen molar-refractivity contribution in [3.63, 3.8) is 0 Å². The molecule has 21 heteroatoms. The molecule has 0 radical (unpaired) electrons. The summed E-state index contributed by atoms with van der Waals surface area (Å²) in [5.74, 6) is 6.05. The minimum absolute atomic E-state index is 0.298. The zero-order chi connectivity index (χ0) is 45.0. The molecule has 12 rings (SSSR count). The van der Waals surface area contributed by atoms with Crippen molar-refractivity contribution < 1.29 is 37.3 Å². The zero-order valence-electron chi connectivity index (χ0n) is 36.5. The molecule has 1 saturated heterocycles. The van der Waals surface area contributed by atoms with Gasteiger partial charge in [-0.2, -0.15) is 11.8 Å². The largest absolute Gasteiger partial charge is 0.496 e. The van der Waals surface area contributed by atoms with Crippen molar-refractivity contribution >= 4 is 89.0 Å². The Morgan fingerprint density at radius 3 is 1.93 bits per heavy atom. The van der Waals surface area contributed by atoms with Crippen LogP contribution in [0.15, 0.2) is 68.4 Å². The van der Waals surface area contributed by atoms with Crippen LogP contribution in [0.3, 0.4) is 0 Å². The van der Waals surface area contributed by atoms with Gasteiger partial charge in [0.15, 0.2) is 11.5 Å². The molecular weight excluding hydrogens is 953 g/mol. The number of rotatable bonds is 18. The predicted octanol–water partition coefficient (Wildman–Crippen LogP) is 11.2. The van der Waals surface area contributed by atoms with Gasteiger partial charge in [-0.25, -0.2) is 29.0 Å². The Hall–Kier alpha value is -5.87. The summed E-state index contributed by atoms with van der Waals surface area (Å²) in [6.45, 7) is 1.22. The standard InChI is InChI=1S/C46H42N8O8S5/c1-55-28-11-35(58-19-26-22-64-41(47-26)7-6-24-4-5-24)31-15-40(62-37(31)13-28)34-18-54-44(50-34)67-46(52-54)60-21-30-10-25(8-9-63-30)42-48-27(23-65-42)20-59-36-12-29(56-2)14-38-32(36)16-39(61-38)33-17-53-43(49-33)66-45(51-53)57-3/h11-18,22-25,30H,4-10,19-21H2,1-3H3. The lowest BCUT2D eigenvalue weighted by atomic mass is 10.0. The normalized spacial score (nSPS) is 16.5. The number of furan rings is 2. The number of aryl methyl sites for hydroxylation is 1. The summed E-state index contributed by atoms with van der Waals surface area (Å²) in [4.78, 5) is 20.8. The number of imidazole rings is 2. The van der Waals surface area contributed by atoms with Gasteiger partial charge in [0.2, 0.25) is 9.92 Å². The fraction of sp³-hybridized carbons (Fsp3) is 0.348. The second-order valence-electron chi connectivity index (χ2n) is 16.4. The molecule has 2 unspecified atom stereocenters. The maximum absolute atomic E-state index is 6.39. The first-order chi connectivity index (χ1) is 32.9. The van der Waals surface area contributed by atoms with Crippen molar-refractivity contribution in [2.75, 3.05) is 33.7 Å². The number of thioether (sulfide) groups is 1. The fourth-order valence-corrected chi connectivity index (χ4v) is 12.6. The Labute approximate surface area is 402 Å². The summed E-state index contributed by atoms with van der Waals surface area (Å²) in [7, 11) is 4.85. The van der Waals surface area contributed by atoms with Gasteiger partial charge in [0.05, 0.1) is 65.9 Å². The van der Waals surface area contributed by atoms with E-state index in [2.05, 4.69) is 20.8 Å². The molecule has 10 aromatic rings. The zero-order valence-corrected chi connectivity index (χ0v) is 40.5. The first-order valence-corrected chi connectivity index (χ1v) is 26.2. The Morgan fingerprint density at radius 2 is 1.30 bits per heavy atom. The predicted molar refractivity (Wildman–Crippen MR) is 259 cm³/mol. The van der Waals surface area contributed by atoms with E-state index < -0.39 is 0 Å². The highest BCUT2D eigenvalue weighted by atomic mass is 32.2. The van der Waals surface area contributed by atoms with Gasteiger partial charge < -0.3 is 37.3 Å². The Kier molecular flexibility index (Phi) is 11.4. The van der Waals surface area contributed by atoms with E-state index in [1.807, 2.05) is 60.6 Å². The molecular formula is C46H42N8O8S5. The first kappa shape index (κ1) is 42.5. The summed E-state index contributed by atoms with van der Waals surface area (Å²) < 4.78 is 51.4. The van der Waals surface area contributed by atoms with Crippen LogP contribution in [0.4, 0.5) is 0 Å². The summed E-state index contributed by atoms with van der Waals surface area (Å²) >= 11 is 8.10. The Bertz CT molecular complexity index is 3310. The van der Waals surface area contributed by atoms with E-state index in [0.717, 1.165) is 58.1 Å². The van der Waals surface area contributed by atoms with Crippen molar-refractivity contribution in [2.24, 2.45) is 5.92 Å². The van der Waals surface area contributed by atoms with Gasteiger partial charge in [-0.1, -0.05) is 12.8 Å². The number of hydrogen-bond donors (Lipinski definition) is 0. The molecule has 9 heterocycles. The van der Waals surface area contributed by atoms with Crippen LogP contribution in [0.25, 0.3) is 54.8 Å². The number of nitrogens with zero attached hydrogens (tertiary/aromatic N) is 8. The van der Waals surface area contributed by atoms with Crippen molar-refractivity contribution in [1.82, 2.24) is 39.2 Å². The van der Waals surface area contributed by atoms with Crippen molar-refractivity contribution in [3.8, 4) is 56.3 Å². The fourth-order valence-electron chi connectivity index (χ4n) is 8.16. The minimum Gasteiger partial charge on any atom is -0.496 e. The van der Waals surface area contributed by atoms with Crippen LogP contribution in [0.2, 0.25) is 0 Å². The minimum atomic E-state index is 0.298. The lowest BCUT2D eigenvalue weighted by Crippen LogP contribution is -2.23. The Morgan fingerprint density at radius 1 is 0.672 bits per heavy atom. The molecule has 1 saturated carbocycles. The maximum Gasteiger partial charge on any atom is 0.294 e. The van der Waals surface area contributed by atoms with E-state index in [0.29, 0.717) is 108 Å². The molecule has 2 aliphatic rings. The van der Waals surface area contributed by atoms with Crippen LogP contribution in [0, 0.1) is 5.92 Å². The third kappa shape index (κ3) is 8.90.